The number of aromatic nitrogens is 2. The Morgan fingerprint density at radius 3 is 2.63 bits per heavy atom. The largest absolute Gasteiger partial charge is 0.497 e. The third-order valence-electron chi connectivity index (χ3n) is 3.62. The van der Waals surface area contributed by atoms with E-state index in [2.05, 4.69) is 21.4 Å². The third kappa shape index (κ3) is 4.84. The van der Waals surface area contributed by atoms with Crippen LogP contribution in [0.3, 0.4) is 0 Å². The van der Waals surface area contributed by atoms with E-state index in [4.69, 9.17) is 4.74 Å². The zero-order chi connectivity index (χ0) is 19.1. The Kier molecular flexibility index (Phi) is 6.02. The highest BCUT2D eigenvalue weighted by Crippen LogP contribution is 2.24. The van der Waals surface area contributed by atoms with Gasteiger partial charge in [-0.25, -0.2) is 4.98 Å². The molecule has 0 aliphatic heterocycles. The maximum absolute atomic E-state index is 12.2. The molecular weight excluding hydrogens is 360 g/mol. The molecular formula is C20H16N4O2S. The summed E-state index contributed by atoms with van der Waals surface area (Å²) in [5.74, 6) is 0.676. The molecule has 0 radical (unpaired) electrons. The van der Waals surface area contributed by atoms with Crippen molar-refractivity contribution < 1.29 is 9.53 Å². The molecule has 27 heavy (non-hydrogen) atoms. The van der Waals surface area contributed by atoms with Gasteiger partial charge in [0, 0.05) is 11.9 Å². The number of carbonyl (C=O) groups excluding carboxylic acids is 1. The number of pyridine rings is 2. The van der Waals surface area contributed by atoms with Crippen LogP contribution in [0, 0.1) is 11.3 Å². The smallest absolute Gasteiger partial charge is 0.234 e. The van der Waals surface area contributed by atoms with Crippen LogP contribution in [-0.4, -0.2) is 28.7 Å². The van der Waals surface area contributed by atoms with Gasteiger partial charge in [-0.05, 0) is 48.5 Å². The van der Waals surface area contributed by atoms with E-state index in [1.807, 2.05) is 18.2 Å². The van der Waals surface area contributed by atoms with Gasteiger partial charge in [0.1, 0.15) is 16.8 Å². The summed E-state index contributed by atoms with van der Waals surface area (Å²) >= 11 is 1.22. The summed E-state index contributed by atoms with van der Waals surface area (Å²) in [5.41, 5.74) is 2.48. The van der Waals surface area contributed by atoms with Gasteiger partial charge in [-0.1, -0.05) is 17.8 Å². The molecule has 3 aromatic rings. The van der Waals surface area contributed by atoms with Crippen molar-refractivity contribution in [3.05, 3.63) is 66.4 Å². The fourth-order valence-electron chi connectivity index (χ4n) is 2.30. The number of anilines is 1. The molecule has 0 spiro atoms. The molecule has 0 atom stereocenters. The minimum absolute atomic E-state index is 0.138. The van der Waals surface area contributed by atoms with Crippen LogP contribution < -0.4 is 10.1 Å². The van der Waals surface area contributed by atoms with Gasteiger partial charge in [0.25, 0.3) is 0 Å². The Balaban J connectivity index is 1.69. The first-order chi connectivity index (χ1) is 13.2. The van der Waals surface area contributed by atoms with Crippen LogP contribution in [-0.2, 0) is 4.79 Å². The van der Waals surface area contributed by atoms with Gasteiger partial charge in [-0.3, -0.25) is 9.78 Å². The zero-order valence-electron chi connectivity index (χ0n) is 14.5. The highest BCUT2D eigenvalue weighted by Gasteiger charge is 2.11. The first kappa shape index (κ1) is 18.4. The Morgan fingerprint density at radius 2 is 1.96 bits per heavy atom. The number of rotatable bonds is 6. The molecule has 0 saturated carbocycles. The SMILES string of the molecule is COc1ccc(NC(=O)CSc2nc(-c3ccccn3)ccc2C#N)cc1. The number of hydrogen-bond acceptors (Lipinski definition) is 6. The predicted molar refractivity (Wildman–Crippen MR) is 105 cm³/mol. The summed E-state index contributed by atoms with van der Waals surface area (Å²) in [4.78, 5) is 21.0. The molecule has 0 bridgehead atoms. The summed E-state index contributed by atoms with van der Waals surface area (Å²) in [6.07, 6.45) is 1.68. The molecule has 1 amide bonds. The van der Waals surface area contributed by atoms with E-state index in [-0.39, 0.29) is 11.7 Å². The van der Waals surface area contributed by atoms with E-state index in [9.17, 15) is 10.1 Å². The van der Waals surface area contributed by atoms with Crippen LogP contribution in [0.1, 0.15) is 5.56 Å². The van der Waals surface area contributed by atoms with Crippen LogP contribution in [0.25, 0.3) is 11.4 Å². The lowest BCUT2D eigenvalue weighted by molar-refractivity contribution is -0.113. The van der Waals surface area contributed by atoms with Crippen molar-refractivity contribution >= 4 is 23.4 Å². The molecule has 2 aromatic heterocycles. The minimum atomic E-state index is -0.181. The average molecular weight is 376 g/mol. The first-order valence-corrected chi connectivity index (χ1v) is 9.07. The number of nitriles is 1. The fourth-order valence-corrected chi connectivity index (χ4v) is 3.07. The highest BCUT2D eigenvalue weighted by atomic mass is 32.2. The Morgan fingerprint density at radius 1 is 1.15 bits per heavy atom. The monoisotopic (exact) mass is 376 g/mol. The molecule has 3 rings (SSSR count). The lowest BCUT2D eigenvalue weighted by Crippen LogP contribution is -2.14. The maximum atomic E-state index is 12.2. The maximum Gasteiger partial charge on any atom is 0.234 e. The summed E-state index contributed by atoms with van der Waals surface area (Å²) in [6, 6.07) is 18.2. The molecule has 0 aliphatic rings. The van der Waals surface area contributed by atoms with Crippen LogP contribution >= 0.6 is 11.8 Å². The number of amides is 1. The first-order valence-electron chi connectivity index (χ1n) is 8.09. The number of nitrogens with zero attached hydrogens (tertiary/aromatic N) is 3. The van der Waals surface area contributed by atoms with E-state index in [1.54, 1.807) is 49.7 Å². The van der Waals surface area contributed by atoms with Crippen LogP contribution in [0.5, 0.6) is 5.75 Å². The number of nitrogens with one attached hydrogen (secondary N) is 1. The standard InChI is InChI=1S/C20H16N4O2S/c1-26-16-8-6-15(7-9-16)23-19(25)13-27-20-14(12-21)5-10-18(24-20)17-4-2-3-11-22-17/h2-11H,13H2,1H3,(H,23,25). The topological polar surface area (TPSA) is 87.9 Å². The lowest BCUT2D eigenvalue weighted by atomic mass is 10.2. The molecule has 0 unspecified atom stereocenters. The summed E-state index contributed by atoms with van der Waals surface area (Å²) in [5, 5.41) is 12.6. The fraction of sp³-hybridized carbons (Fsp3) is 0.100. The van der Waals surface area contributed by atoms with E-state index in [0.717, 1.165) is 5.75 Å². The molecule has 0 fully saturated rings. The molecule has 0 aliphatic carbocycles. The average Bonchev–Trinajstić information content (AvgIpc) is 2.73. The van der Waals surface area contributed by atoms with Crippen molar-refractivity contribution in [2.45, 2.75) is 5.03 Å². The van der Waals surface area contributed by atoms with Gasteiger partial charge in [0.2, 0.25) is 5.91 Å². The second-order valence-corrected chi connectivity index (χ2v) is 6.41. The molecule has 6 nitrogen and oxygen atoms in total. The van der Waals surface area contributed by atoms with Gasteiger partial charge in [0.05, 0.1) is 29.8 Å². The molecule has 7 heteroatoms. The second-order valence-electron chi connectivity index (χ2n) is 5.44. The Labute approximate surface area is 161 Å². The van der Waals surface area contributed by atoms with Crippen molar-refractivity contribution in [3.8, 4) is 23.2 Å². The molecule has 134 valence electrons. The van der Waals surface area contributed by atoms with E-state index >= 15 is 0 Å². The van der Waals surface area contributed by atoms with Crippen molar-refractivity contribution in [2.24, 2.45) is 0 Å². The van der Waals surface area contributed by atoms with Gasteiger partial charge in [-0.15, -0.1) is 0 Å². The van der Waals surface area contributed by atoms with Crippen LogP contribution in [0.4, 0.5) is 5.69 Å². The Bertz CT molecular complexity index is 970. The van der Waals surface area contributed by atoms with Crippen LogP contribution in [0.2, 0.25) is 0 Å². The van der Waals surface area contributed by atoms with E-state index < -0.39 is 0 Å². The lowest BCUT2D eigenvalue weighted by Gasteiger charge is -2.08. The quantitative estimate of drug-likeness (QED) is 0.659. The Hall–Kier alpha value is -3.37. The van der Waals surface area contributed by atoms with Gasteiger partial charge in [-0.2, -0.15) is 5.26 Å². The van der Waals surface area contributed by atoms with E-state index in [1.165, 1.54) is 11.8 Å². The second kappa shape index (κ2) is 8.83. The number of ether oxygens (including phenoxy) is 1. The van der Waals surface area contributed by atoms with Crippen molar-refractivity contribution in [1.29, 1.82) is 5.26 Å². The number of benzene rings is 1. The highest BCUT2D eigenvalue weighted by molar-refractivity contribution is 8.00. The van der Waals surface area contributed by atoms with Crippen molar-refractivity contribution in [3.63, 3.8) is 0 Å². The minimum Gasteiger partial charge on any atom is -0.497 e. The molecule has 0 saturated heterocycles. The van der Waals surface area contributed by atoms with Crippen LogP contribution in [0.15, 0.2) is 65.8 Å². The summed E-state index contributed by atoms with van der Waals surface area (Å²) < 4.78 is 5.09. The van der Waals surface area contributed by atoms with Gasteiger partial charge >= 0.3 is 0 Å². The normalized spacial score (nSPS) is 10.1. The number of thioether (sulfide) groups is 1. The molecule has 1 aromatic carbocycles. The summed E-state index contributed by atoms with van der Waals surface area (Å²) in [7, 11) is 1.59. The van der Waals surface area contributed by atoms with Gasteiger partial charge in [0.15, 0.2) is 0 Å². The molecule has 2 heterocycles. The number of methoxy groups -OCH3 is 1. The zero-order valence-corrected chi connectivity index (χ0v) is 15.4. The van der Waals surface area contributed by atoms with Crippen molar-refractivity contribution in [1.82, 2.24) is 9.97 Å². The number of hydrogen-bond donors (Lipinski definition) is 1. The van der Waals surface area contributed by atoms with Gasteiger partial charge < -0.3 is 10.1 Å². The van der Waals surface area contributed by atoms with Crippen molar-refractivity contribution in [2.75, 3.05) is 18.2 Å². The summed E-state index contributed by atoms with van der Waals surface area (Å²) in [6.45, 7) is 0. The molecule has 1 N–H and O–H groups in total. The van der Waals surface area contributed by atoms with E-state index in [0.29, 0.717) is 27.7 Å². The predicted octanol–water partition coefficient (Wildman–Crippen LogP) is 3.75. The number of carbonyl (C=O) groups is 1. The third-order valence-corrected chi connectivity index (χ3v) is 4.61.